The van der Waals surface area contributed by atoms with Crippen molar-refractivity contribution in [3.8, 4) is 11.8 Å². The van der Waals surface area contributed by atoms with E-state index >= 15 is 0 Å². The number of nitrogens with zero attached hydrogens (tertiary/aromatic N) is 1. The van der Waals surface area contributed by atoms with Crippen LogP contribution in [-0.2, 0) is 4.79 Å². The Morgan fingerprint density at radius 2 is 2.19 bits per heavy atom. The molecule has 0 aromatic heterocycles. The van der Waals surface area contributed by atoms with Crippen molar-refractivity contribution in [3.63, 3.8) is 0 Å². The van der Waals surface area contributed by atoms with E-state index in [-0.39, 0.29) is 0 Å². The third-order valence-electron chi connectivity index (χ3n) is 2.95. The van der Waals surface area contributed by atoms with Crippen LogP contribution in [0.15, 0.2) is 22.7 Å². The Labute approximate surface area is 133 Å². The number of hydrogen-bond acceptors (Lipinski definition) is 3. The van der Waals surface area contributed by atoms with Gasteiger partial charge in [-0.15, -0.1) is 0 Å². The summed E-state index contributed by atoms with van der Waals surface area (Å²) in [6, 6.07) is 5.94. The quantitative estimate of drug-likeness (QED) is 0.780. The molecule has 0 spiro atoms. The zero-order valence-electron chi connectivity index (χ0n) is 12.3. The molecule has 112 valence electrons. The lowest BCUT2D eigenvalue weighted by Crippen LogP contribution is -2.13. The largest absolute Gasteiger partial charge is 0.493 e. The summed E-state index contributed by atoms with van der Waals surface area (Å²) in [5.41, 5.74) is 1.16. The van der Waals surface area contributed by atoms with Gasteiger partial charge in [-0.25, -0.2) is 4.79 Å². The molecule has 0 heterocycles. The topological polar surface area (TPSA) is 70.3 Å². The Kier molecular flexibility index (Phi) is 5.98. The summed E-state index contributed by atoms with van der Waals surface area (Å²) in [4.78, 5) is 10.7. The average Bonchev–Trinajstić information content (AvgIpc) is 2.38. The van der Waals surface area contributed by atoms with Gasteiger partial charge in [0, 0.05) is 16.1 Å². The van der Waals surface area contributed by atoms with Crippen molar-refractivity contribution in [1.82, 2.24) is 0 Å². The molecular formula is C16H18BrNO3. The van der Waals surface area contributed by atoms with Crippen molar-refractivity contribution >= 4 is 28.0 Å². The lowest BCUT2D eigenvalue weighted by atomic mass is 9.92. The van der Waals surface area contributed by atoms with Crippen LogP contribution >= 0.6 is 15.9 Å². The van der Waals surface area contributed by atoms with Crippen LogP contribution in [0.3, 0.4) is 0 Å². The molecule has 0 fully saturated rings. The fourth-order valence-corrected chi connectivity index (χ4v) is 2.29. The molecule has 0 radical (unpaired) electrons. The summed E-state index contributed by atoms with van der Waals surface area (Å²) in [5, 5.41) is 17.7. The van der Waals surface area contributed by atoms with Gasteiger partial charge in [-0.2, -0.15) is 5.26 Å². The summed E-state index contributed by atoms with van der Waals surface area (Å²) in [5.74, 6) is -0.367. The van der Waals surface area contributed by atoms with E-state index in [4.69, 9.17) is 15.1 Å². The van der Waals surface area contributed by atoms with Gasteiger partial charge in [-0.05, 0) is 51.0 Å². The van der Waals surface area contributed by atoms with Crippen molar-refractivity contribution in [2.75, 3.05) is 6.61 Å². The first kappa shape index (κ1) is 17.3. The van der Waals surface area contributed by atoms with Crippen molar-refractivity contribution in [2.45, 2.75) is 27.2 Å². The normalized spacial score (nSPS) is 11.4. The van der Waals surface area contributed by atoms with Crippen LogP contribution in [0.25, 0.3) is 6.08 Å². The second-order valence-corrected chi connectivity index (χ2v) is 6.32. The Morgan fingerprint density at radius 1 is 1.52 bits per heavy atom. The second-order valence-electron chi connectivity index (χ2n) is 5.41. The highest BCUT2D eigenvalue weighted by molar-refractivity contribution is 9.10. The van der Waals surface area contributed by atoms with E-state index in [2.05, 4.69) is 22.0 Å². The molecule has 21 heavy (non-hydrogen) atoms. The molecule has 0 saturated heterocycles. The highest BCUT2D eigenvalue weighted by Gasteiger charge is 2.17. The van der Waals surface area contributed by atoms with E-state index in [9.17, 15) is 4.79 Å². The lowest BCUT2D eigenvalue weighted by molar-refractivity contribution is -0.131. The van der Waals surface area contributed by atoms with E-state index in [1.807, 2.05) is 26.8 Å². The highest BCUT2D eigenvalue weighted by atomic mass is 79.9. The second kappa shape index (κ2) is 7.28. The van der Waals surface area contributed by atoms with Gasteiger partial charge in [-0.1, -0.05) is 15.9 Å². The van der Waals surface area contributed by atoms with E-state index in [0.717, 1.165) is 16.1 Å². The van der Waals surface area contributed by atoms with E-state index < -0.39 is 11.4 Å². The van der Waals surface area contributed by atoms with Gasteiger partial charge in [0.2, 0.25) is 0 Å². The van der Waals surface area contributed by atoms with Crippen LogP contribution < -0.4 is 4.74 Å². The summed E-state index contributed by atoms with van der Waals surface area (Å²) in [7, 11) is 0. The molecular weight excluding hydrogens is 334 g/mol. The maximum absolute atomic E-state index is 10.7. The molecule has 1 aromatic carbocycles. The van der Waals surface area contributed by atoms with Crippen molar-refractivity contribution in [1.29, 1.82) is 5.26 Å². The number of ether oxygens (including phenoxy) is 1. The standard InChI is InChI=1S/C16H18BrNO3/c1-11-8-13(17)9-12(4-5-14(19)20)15(11)21-7-6-16(2,3)10-18/h4-5,8-9H,6-7H2,1-3H3,(H,19,20)/b5-4+. The third-order valence-corrected chi connectivity index (χ3v) is 3.41. The maximum Gasteiger partial charge on any atom is 0.328 e. The summed E-state index contributed by atoms with van der Waals surface area (Å²) < 4.78 is 6.63. The molecule has 4 nitrogen and oxygen atoms in total. The zero-order valence-corrected chi connectivity index (χ0v) is 13.9. The minimum absolute atomic E-state index is 0.400. The minimum Gasteiger partial charge on any atom is -0.493 e. The minimum atomic E-state index is -1.01. The Hall–Kier alpha value is -1.80. The average molecular weight is 352 g/mol. The van der Waals surface area contributed by atoms with Gasteiger partial charge in [0.25, 0.3) is 0 Å². The molecule has 1 rings (SSSR count). The molecule has 1 aromatic rings. The predicted molar refractivity (Wildman–Crippen MR) is 85.1 cm³/mol. The van der Waals surface area contributed by atoms with Gasteiger partial charge < -0.3 is 9.84 Å². The van der Waals surface area contributed by atoms with E-state index in [1.54, 1.807) is 6.07 Å². The van der Waals surface area contributed by atoms with Gasteiger partial charge in [0.1, 0.15) is 5.75 Å². The SMILES string of the molecule is Cc1cc(Br)cc(/C=C/C(=O)O)c1OCCC(C)(C)C#N. The fourth-order valence-electron chi connectivity index (χ4n) is 1.70. The number of rotatable bonds is 6. The molecule has 0 saturated carbocycles. The monoisotopic (exact) mass is 351 g/mol. The molecule has 1 N–H and O–H groups in total. The number of nitriles is 1. The number of hydrogen-bond donors (Lipinski definition) is 1. The first-order valence-corrected chi connectivity index (χ1v) is 7.30. The van der Waals surface area contributed by atoms with Crippen LogP contribution in [0, 0.1) is 23.7 Å². The zero-order chi connectivity index (χ0) is 16.0. The smallest absolute Gasteiger partial charge is 0.328 e. The molecule has 0 aliphatic carbocycles. The maximum atomic E-state index is 10.7. The van der Waals surface area contributed by atoms with Crippen LogP contribution in [0.4, 0.5) is 0 Å². The summed E-state index contributed by atoms with van der Waals surface area (Å²) >= 11 is 3.39. The van der Waals surface area contributed by atoms with Crippen LogP contribution in [0.2, 0.25) is 0 Å². The van der Waals surface area contributed by atoms with Crippen molar-refractivity contribution in [3.05, 3.63) is 33.8 Å². The molecule has 0 atom stereocenters. The molecule has 0 aliphatic heterocycles. The summed E-state index contributed by atoms with van der Waals surface area (Å²) in [6.45, 7) is 6.01. The molecule has 5 heteroatoms. The van der Waals surface area contributed by atoms with Crippen molar-refractivity contribution in [2.24, 2.45) is 5.41 Å². The molecule has 0 amide bonds. The Bertz CT molecular complexity index is 600. The number of benzene rings is 1. The molecule has 0 unspecified atom stereocenters. The number of carbonyl (C=O) groups is 1. The Morgan fingerprint density at radius 3 is 2.76 bits per heavy atom. The van der Waals surface area contributed by atoms with Crippen molar-refractivity contribution < 1.29 is 14.6 Å². The predicted octanol–water partition coefficient (Wildman–Crippen LogP) is 4.17. The van der Waals surface area contributed by atoms with Crippen LogP contribution in [-0.4, -0.2) is 17.7 Å². The molecule has 0 bridgehead atoms. The van der Waals surface area contributed by atoms with Gasteiger partial charge in [0.05, 0.1) is 18.1 Å². The lowest BCUT2D eigenvalue weighted by Gasteiger charge is -2.17. The highest BCUT2D eigenvalue weighted by Crippen LogP contribution is 2.30. The van der Waals surface area contributed by atoms with Gasteiger partial charge >= 0.3 is 5.97 Å². The number of aliphatic carboxylic acids is 1. The van der Waals surface area contributed by atoms with E-state index in [0.29, 0.717) is 24.3 Å². The number of aryl methyl sites for hydroxylation is 1. The number of carboxylic acid groups (broad SMARTS) is 1. The van der Waals surface area contributed by atoms with E-state index in [1.165, 1.54) is 6.08 Å². The number of carboxylic acids is 1. The summed E-state index contributed by atoms with van der Waals surface area (Å²) in [6.07, 6.45) is 3.18. The Balaban J connectivity index is 2.95. The van der Waals surface area contributed by atoms with Gasteiger partial charge in [-0.3, -0.25) is 0 Å². The first-order chi connectivity index (χ1) is 9.75. The first-order valence-electron chi connectivity index (χ1n) is 6.50. The molecule has 0 aliphatic rings. The van der Waals surface area contributed by atoms with Crippen LogP contribution in [0.5, 0.6) is 5.75 Å². The van der Waals surface area contributed by atoms with Gasteiger partial charge in [0.15, 0.2) is 0 Å². The fraction of sp³-hybridized carbons (Fsp3) is 0.375. The number of halogens is 1. The third kappa shape index (κ3) is 5.60. The van der Waals surface area contributed by atoms with Crippen LogP contribution in [0.1, 0.15) is 31.4 Å².